The van der Waals surface area contributed by atoms with Gasteiger partial charge in [0.25, 0.3) is 0 Å². The molecule has 0 bridgehead atoms. The minimum absolute atomic E-state index is 0.818. The maximum absolute atomic E-state index is 4.46. The van der Waals surface area contributed by atoms with E-state index in [9.17, 15) is 0 Å². The lowest BCUT2D eigenvalue weighted by Crippen LogP contribution is -2.00. The number of nitrogens with zero attached hydrogens (tertiary/aromatic N) is 1. The second-order valence-corrected chi connectivity index (χ2v) is 4.71. The molecule has 1 rings (SSSR count). The SMILES string of the molecule is C=CSC(=C)/C(=N\C=C/C(=C)C=C)c1ccccc1. The van der Waals surface area contributed by atoms with Gasteiger partial charge in [-0.2, -0.15) is 0 Å². The van der Waals surface area contributed by atoms with E-state index in [0.29, 0.717) is 0 Å². The number of benzene rings is 1. The molecule has 1 aromatic rings. The van der Waals surface area contributed by atoms with Crippen LogP contribution in [0.5, 0.6) is 0 Å². The molecule has 19 heavy (non-hydrogen) atoms. The van der Waals surface area contributed by atoms with E-state index in [1.807, 2.05) is 36.4 Å². The Morgan fingerprint density at radius 1 is 1.11 bits per heavy atom. The van der Waals surface area contributed by atoms with Crippen LogP contribution in [0.1, 0.15) is 5.56 Å². The van der Waals surface area contributed by atoms with Gasteiger partial charge < -0.3 is 0 Å². The highest BCUT2D eigenvalue weighted by molar-refractivity contribution is 8.06. The second-order valence-electron chi connectivity index (χ2n) is 3.65. The summed E-state index contributed by atoms with van der Waals surface area (Å²) in [6, 6.07) is 9.93. The monoisotopic (exact) mass is 267 g/mol. The van der Waals surface area contributed by atoms with Crippen LogP contribution in [0.25, 0.3) is 0 Å². The van der Waals surface area contributed by atoms with Crippen molar-refractivity contribution in [3.05, 3.63) is 96.4 Å². The van der Waals surface area contributed by atoms with Crippen LogP contribution in [-0.4, -0.2) is 5.71 Å². The van der Waals surface area contributed by atoms with Crippen LogP contribution in [0.3, 0.4) is 0 Å². The first-order valence-corrected chi connectivity index (χ1v) is 6.65. The summed E-state index contributed by atoms with van der Waals surface area (Å²) in [5, 5.41) is 1.74. The number of hydrogen-bond donors (Lipinski definition) is 0. The zero-order valence-corrected chi connectivity index (χ0v) is 11.7. The maximum Gasteiger partial charge on any atom is 0.0835 e. The molecule has 0 aliphatic rings. The minimum Gasteiger partial charge on any atom is -0.255 e. The average Bonchev–Trinajstić information content (AvgIpc) is 2.44. The summed E-state index contributed by atoms with van der Waals surface area (Å²) >= 11 is 1.46. The molecule has 0 unspecified atom stereocenters. The summed E-state index contributed by atoms with van der Waals surface area (Å²) in [4.78, 5) is 5.32. The van der Waals surface area contributed by atoms with Crippen molar-refractivity contribution in [2.75, 3.05) is 0 Å². The van der Waals surface area contributed by atoms with Gasteiger partial charge in [-0.15, -0.1) is 0 Å². The maximum atomic E-state index is 4.46. The Labute approximate surface area is 119 Å². The molecule has 1 nitrogen and oxygen atoms in total. The van der Waals surface area contributed by atoms with Gasteiger partial charge in [-0.1, -0.05) is 74.5 Å². The predicted octanol–water partition coefficient (Wildman–Crippen LogP) is 5.12. The zero-order chi connectivity index (χ0) is 14.1. The molecule has 1 aromatic carbocycles. The van der Waals surface area contributed by atoms with Crippen LogP contribution in [0.4, 0.5) is 0 Å². The summed E-state index contributed by atoms with van der Waals surface area (Å²) in [7, 11) is 0. The van der Waals surface area contributed by atoms with Crippen LogP contribution in [0.2, 0.25) is 0 Å². The van der Waals surface area contributed by atoms with Crippen molar-refractivity contribution in [1.82, 2.24) is 0 Å². The lowest BCUT2D eigenvalue weighted by Gasteiger charge is -2.06. The van der Waals surface area contributed by atoms with Crippen molar-refractivity contribution in [3.8, 4) is 0 Å². The van der Waals surface area contributed by atoms with Crippen molar-refractivity contribution >= 4 is 17.5 Å². The third kappa shape index (κ3) is 4.98. The van der Waals surface area contributed by atoms with Crippen LogP contribution in [0, 0.1) is 0 Å². The van der Waals surface area contributed by atoms with Gasteiger partial charge in [0.15, 0.2) is 0 Å². The van der Waals surface area contributed by atoms with Crippen molar-refractivity contribution in [1.29, 1.82) is 0 Å². The van der Waals surface area contributed by atoms with Gasteiger partial charge >= 0.3 is 0 Å². The topological polar surface area (TPSA) is 12.4 Å². The van der Waals surface area contributed by atoms with Gasteiger partial charge in [0.2, 0.25) is 0 Å². The molecular formula is C17H17NS. The van der Waals surface area contributed by atoms with Gasteiger partial charge in [0.05, 0.1) is 5.71 Å². The second kappa shape index (κ2) is 8.11. The molecule has 0 spiro atoms. The Morgan fingerprint density at radius 2 is 1.79 bits per heavy atom. The molecule has 0 aromatic heterocycles. The average molecular weight is 267 g/mol. The molecule has 0 radical (unpaired) electrons. The Bertz CT molecular complexity index is 536. The van der Waals surface area contributed by atoms with Crippen molar-refractivity contribution < 1.29 is 0 Å². The van der Waals surface area contributed by atoms with E-state index in [2.05, 4.69) is 31.3 Å². The molecule has 0 atom stereocenters. The van der Waals surface area contributed by atoms with Crippen molar-refractivity contribution in [3.63, 3.8) is 0 Å². The van der Waals surface area contributed by atoms with Crippen LogP contribution >= 0.6 is 11.8 Å². The van der Waals surface area contributed by atoms with Gasteiger partial charge in [-0.05, 0) is 17.1 Å². The summed E-state index contributed by atoms with van der Waals surface area (Å²) < 4.78 is 0. The summed E-state index contributed by atoms with van der Waals surface area (Å²) in [5.41, 5.74) is 2.67. The highest BCUT2D eigenvalue weighted by atomic mass is 32.2. The zero-order valence-electron chi connectivity index (χ0n) is 10.9. The first-order chi connectivity index (χ1) is 9.19. The molecule has 0 saturated carbocycles. The highest BCUT2D eigenvalue weighted by Crippen LogP contribution is 2.20. The predicted molar refractivity (Wildman–Crippen MR) is 88.4 cm³/mol. The fourth-order valence-corrected chi connectivity index (χ4v) is 1.82. The van der Waals surface area contributed by atoms with Gasteiger partial charge in [0.1, 0.15) is 0 Å². The van der Waals surface area contributed by atoms with E-state index in [1.165, 1.54) is 11.8 Å². The molecule has 0 aliphatic heterocycles. The molecule has 0 aliphatic carbocycles. The molecule has 0 fully saturated rings. The summed E-state index contributed by atoms with van der Waals surface area (Å²) in [6.07, 6.45) is 5.20. The van der Waals surface area contributed by atoms with Crippen molar-refractivity contribution in [2.45, 2.75) is 0 Å². The number of allylic oxidation sites excluding steroid dienone is 4. The smallest absolute Gasteiger partial charge is 0.0835 e. The molecule has 96 valence electrons. The van der Waals surface area contributed by atoms with Crippen LogP contribution in [0.15, 0.2) is 95.9 Å². The lowest BCUT2D eigenvalue weighted by molar-refractivity contribution is 1.51. The van der Waals surface area contributed by atoms with E-state index >= 15 is 0 Å². The number of aliphatic imine (C=N–C) groups is 1. The number of hydrogen-bond acceptors (Lipinski definition) is 2. The number of thioether (sulfide) groups is 1. The van der Waals surface area contributed by atoms with Gasteiger partial charge in [-0.3, -0.25) is 4.99 Å². The van der Waals surface area contributed by atoms with E-state index < -0.39 is 0 Å². The summed E-state index contributed by atoms with van der Waals surface area (Å²) in [6.45, 7) is 15.2. The minimum atomic E-state index is 0.818. The largest absolute Gasteiger partial charge is 0.255 e. The molecule has 0 N–H and O–H groups in total. The van der Waals surface area contributed by atoms with Gasteiger partial charge in [-0.25, -0.2) is 0 Å². The van der Waals surface area contributed by atoms with E-state index in [0.717, 1.165) is 21.8 Å². The third-order valence-corrected chi connectivity index (χ3v) is 2.94. The fraction of sp³-hybridized carbons (Fsp3) is 0. The van der Waals surface area contributed by atoms with Gasteiger partial charge in [0, 0.05) is 16.7 Å². The van der Waals surface area contributed by atoms with Crippen LogP contribution < -0.4 is 0 Å². The molecular weight excluding hydrogens is 250 g/mol. The van der Waals surface area contributed by atoms with E-state index in [1.54, 1.807) is 17.7 Å². The summed E-state index contributed by atoms with van der Waals surface area (Å²) in [5.74, 6) is 0. The fourth-order valence-electron chi connectivity index (χ4n) is 1.34. The first kappa shape index (κ1) is 15.0. The molecule has 2 heteroatoms. The normalized spacial score (nSPS) is 11.3. The van der Waals surface area contributed by atoms with E-state index in [4.69, 9.17) is 0 Å². The third-order valence-electron chi connectivity index (χ3n) is 2.29. The van der Waals surface area contributed by atoms with Crippen LogP contribution in [-0.2, 0) is 0 Å². The standard InChI is InChI=1S/C17H17NS/c1-5-14(3)12-13-18-17(15(4)19-6-2)16-10-8-7-9-11-16/h5-13H,1-4H2/b13-12-,18-17+. The first-order valence-electron chi connectivity index (χ1n) is 5.77. The molecule has 0 saturated heterocycles. The lowest BCUT2D eigenvalue weighted by atomic mass is 10.1. The quantitative estimate of drug-likeness (QED) is 0.493. The Hall–Kier alpha value is -2.06. The highest BCUT2D eigenvalue weighted by Gasteiger charge is 2.06. The Morgan fingerprint density at radius 3 is 2.37 bits per heavy atom. The Balaban J connectivity index is 3.06. The number of rotatable bonds is 7. The molecule has 0 amide bonds. The molecule has 0 heterocycles. The van der Waals surface area contributed by atoms with E-state index in [-0.39, 0.29) is 0 Å². The van der Waals surface area contributed by atoms with Crippen molar-refractivity contribution in [2.24, 2.45) is 4.99 Å². The Kier molecular flexibility index (Phi) is 6.41.